The Labute approximate surface area is 303 Å². The predicted molar refractivity (Wildman–Crippen MR) is 204 cm³/mol. The van der Waals surface area contributed by atoms with E-state index >= 15 is 0 Å². The molecule has 1 atom stereocenters. The van der Waals surface area contributed by atoms with E-state index in [1.165, 1.54) is 23.1 Å². The summed E-state index contributed by atoms with van der Waals surface area (Å²) in [5.41, 5.74) is 4.07. The molecule has 9 nitrogen and oxygen atoms in total. The maximum Gasteiger partial charge on any atom is 0.272 e. The number of anilines is 2. The zero-order chi connectivity index (χ0) is 35.4. The van der Waals surface area contributed by atoms with Gasteiger partial charge < -0.3 is 20.7 Å². The number of benzene rings is 4. The molecule has 0 aliphatic heterocycles. The summed E-state index contributed by atoms with van der Waals surface area (Å²) < 4.78 is 5.54. The van der Waals surface area contributed by atoms with E-state index in [1.54, 1.807) is 73.1 Å². The minimum atomic E-state index is -0.624. The summed E-state index contributed by atoms with van der Waals surface area (Å²) in [5, 5.41) is 10.4. The van der Waals surface area contributed by atoms with Crippen molar-refractivity contribution in [2.24, 2.45) is 0 Å². The summed E-state index contributed by atoms with van der Waals surface area (Å²) in [7, 11) is 0. The van der Waals surface area contributed by atoms with E-state index in [1.807, 2.05) is 79.0 Å². The fourth-order valence-electron chi connectivity index (χ4n) is 4.98. The molecule has 2 heterocycles. The van der Waals surface area contributed by atoms with Gasteiger partial charge in [0.1, 0.15) is 16.7 Å². The summed E-state index contributed by atoms with van der Waals surface area (Å²) in [6, 6.07) is 36.6. The number of hydrogen-bond donors (Lipinski definition) is 3. The quantitative estimate of drug-likeness (QED) is 0.0812. The average molecular weight is 712 g/mol. The lowest BCUT2D eigenvalue weighted by atomic mass is 10.1. The van der Waals surface area contributed by atoms with Crippen molar-refractivity contribution in [1.29, 1.82) is 0 Å². The highest BCUT2D eigenvalue weighted by atomic mass is 32.2. The Bertz CT molecular complexity index is 2120. The minimum absolute atomic E-state index is 0.0458. The molecule has 1 unspecified atom stereocenters. The molecule has 6 aromatic rings. The van der Waals surface area contributed by atoms with Crippen molar-refractivity contribution in [3.8, 4) is 17.0 Å². The van der Waals surface area contributed by atoms with Crippen LogP contribution in [-0.4, -0.2) is 34.3 Å². The standard InChI is InChI=1S/C40H33N5O4S2/c1-2-49-32-20-18-28(19-21-32)35-26-50-40(44-35)45-39(48)36(29-12-5-3-6-13-29)51-33-17-9-16-31(24-33)42-38(47)34(23-27-11-10-22-41-25-27)43-37(46)30-14-7-4-8-15-30/h3-26,36H,2H2,1H3,(H,42,47)(H,43,46)(H,44,45,48)/b34-23-. The molecule has 4 aromatic carbocycles. The second kappa shape index (κ2) is 17.1. The van der Waals surface area contributed by atoms with Crippen LogP contribution in [-0.2, 0) is 9.59 Å². The van der Waals surface area contributed by atoms with Crippen LogP contribution in [0.2, 0.25) is 0 Å². The molecule has 3 N–H and O–H groups in total. The molecule has 0 bridgehead atoms. The number of carbonyl (C=O) groups excluding carboxylic acids is 3. The van der Waals surface area contributed by atoms with E-state index < -0.39 is 17.1 Å². The van der Waals surface area contributed by atoms with E-state index in [9.17, 15) is 14.4 Å². The Hall–Kier alpha value is -6.04. The number of nitrogens with zero attached hydrogens (tertiary/aromatic N) is 2. The minimum Gasteiger partial charge on any atom is -0.494 e. The highest BCUT2D eigenvalue weighted by molar-refractivity contribution is 8.00. The third-order valence-corrected chi connectivity index (χ3v) is 9.41. The molecular formula is C40H33N5O4S2. The third kappa shape index (κ3) is 9.56. The molecule has 254 valence electrons. The zero-order valence-electron chi connectivity index (χ0n) is 27.5. The lowest BCUT2D eigenvalue weighted by Gasteiger charge is -2.17. The highest BCUT2D eigenvalue weighted by Crippen LogP contribution is 2.38. The van der Waals surface area contributed by atoms with Crippen LogP contribution in [0.3, 0.4) is 0 Å². The number of pyridine rings is 1. The topological polar surface area (TPSA) is 122 Å². The van der Waals surface area contributed by atoms with Crippen LogP contribution in [0.5, 0.6) is 5.75 Å². The van der Waals surface area contributed by atoms with Gasteiger partial charge in [0, 0.05) is 39.5 Å². The molecule has 0 aliphatic rings. The van der Waals surface area contributed by atoms with Crippen molar-refractivity contribution >= 4 is 57.7 Å². The Morgan fingerprint density at radius 2 is 1.63 bits per heavy atom. The molecular weight excluding hydrogens is 679 g/mol. The van der Waals surface area contributed by atoms with Crippen molar-refractivity contribution in [2.45, 2.75) is 17.1 Å². The fraction of sp³-hybridized carbons (Fsp3) is 0.0750. The summed E-state index contributed by atoms with van der Waals surface area (Å²) in [4.78, 5) is 50.0. The van der Waals surface area contributed by atoms with Crippen LogP contribution >= 0.6 is 23.1 Å². The summed E-state index contributed by atoms with van der Waals surface area (Å²) in [5.74, 6) is -0.394. The van der Waals surface area contributed by atoms with E-state index in [-0.39, 0.29) is 11.6 Å². The van der Waals surface area contributed by atoms with Crippen LogP contribution in [0.15, 0.2) is 150 Å². The number of rotatable bonds is 13. The van der Waals surface area contributed by atoms with Crippen molar-refractivity contribution in [1.82, 2.24) is 15.3 Å². The summed E-state index contributed by atoms with van der Waals surface area (Å²) in [6.07, 6.45) is 4.79. The highest BCUT2D eigenvalue weighted by Gasteiger charge is 2.24. The van der Waals surface area contributed by atoms with E-state index in [0.29, 0.717) is 28.6 Å². The van der Waals surface area contributed by atoms with Gasteiger partial charge in [-0.3, -0.25) is 19.4 Å². The van der Waals surface area contributed by atoms with Crippen LogP contribution in [0.4, 0.5) is 10.8 Å². The van der Waals surface area contributed by atoms with E-state index in [0.717, 1.165) is 27.5 Å². The lowest BCUT2D eigenvalue weighted by Crippen LogP contribution is -2.30. The van der Waals surface area contributed by atoms with E-state index in [4.69, 9.17) is 4.74 Å². The second-order valence-corrected chi connectivity index (χ2v) is 13.1. The molecule has 0 spiro atoms. The van der Waals surface area contributed by atoms with Crippen molar-refractivity contribution in [3.05, 3.63) is 161 Å². The lowest BCUT2D eigenvalue weighted by molar-refractivity contribution is -0.116. The number of carbonyl (C=O) groups is 3. The van der Waals surface area contributed by atoms with Gasteiger partial charge in [-0.2, -0.15) is 0 Å². The molecule has 6 rings (SSSR count). The molecule has 0 radical (unpaired) electrons. The average Bonchev–Trinajstić information content (AvgIpc) is 3.63. The molecule has 0 saturated heterocycles. The van der Waals surface area contributed by atoms with Crippen LogP contribution < -0.4 is 20.7 Å². The number of nitrogens with one attached hydrogen (secondary N) is 3. The smallest absolute Gasteiger partial charge is 0.272 e. The van der Waals surface area contributed by atoms with Gasteiger partial charge in [-0.25, -0.2) is 4.98 Å². The first kappa shape index (κ1) is 34.8. The van der Waals surface area contributed by atoms with Crippen LogP contribution in [0.1, 0.15) is 33.7 Å². The number of hydrogen-bond acceptors (Lipinski definition) is 8. The van der Waals surface area contributed by atoms with Gasteiger partial charge in [0.25, 0.3) is 11.8 Å². The van der Waals surface area contributed by atoms with Gasteiger partial charge in [0.15, 0.2) is 5.13 Å². The Kier molecular flexibility index (Phi) is 11.6. The van der Waals surface area contributed by atoms with Gasteiger partial charge in [-0.15, -0.1) is 23.1 Å². The van der Waals surface area contributed by atoms with Gasteiger partial charge in [-0.1, -0.05) is 60.7 Å². The first-order valence-electron chi connectivity index (χ1n) is 16.1. The maximum absolute atomic E-state index is 13.8. The predicted octanol–water partition coefficient (Wildman–Crippen LogP) is 8.49. The molecule has 0 fully saturated rings. The number of aromatic nitrogens is 2. The summed E-state index contributed by atoms with van der Waals surface area (Å²) >= 11 is 2.70. The molecule has 0 aliphatic carbocycles. The van der Waals surface area contributed by atoms with Gasteiger partial charge >= 0.3 is 0 Å². The SMILES string of the molecule is CCOc1ccc(-c2csc(NC(=O)C(Sc3cccc(NC(=O)/C(=C/c4cccnc4)NC(=O)c4ccccc4)c3)c3ccccc3)n2)cc1. The van der Waals surface area contributed by atoms with Crippen molar-refractivity contribution < 1.29 is 19.1 Å². The van der Waals surface area contributed by atoms with Crippen LogP contribution in [0.25, 0.3) is 17.3 Å². The van der Waals surface area contributed by atoms with E-state index in [2.05, 4.69) is 25.9 Å². The normalized spacial score (nSPS) is 11.7. The molecule has 51 heavy (non-hydrogen) atoms. The zero-order valence-corrected chi connectivity index (χ0v) is 29.1. The number of thioether (sulfide) groups is 1. The maximum atomic E-state index is 13.8. The largest absolute Gasteiger partial charge is 0.494 e. The monoisotopic (exact) mass is 711 g/mol. The molecule has 2 aromatic heterocycles. The van der Waals surface area contributed by atoms with Crippen molar-refractivity contribution in [3.63, 3.8) is 0 Å². The molecule has 3 amide bonds. The van der Waals surface area contributed by atoms with Gasteiger partial charge in [-0.05, 0) is 84.8 Å². The van der Waals surface area contributed by atoms with Crippen molar-refractivity contribution in [2.75, 3.05) is 17.2 Å². The number of thiazole rings is 1. The Morgan fingerprint density at radius 3 is 2.35 bits per heavy atom. The number of ether oxygens (including phenoxy) is 1. The fourth-order valence-corrected chi connectivity index (χ4v) is 6.78. The number of amides is 3. The Balaban J connectivity index is 1.19. The Morgan fingerprint density at radius 1 is 0.863 bits per heavy atom. The first-order valence-corrected chi connectivity index (χ1v) is 17.8. The second-order valence-electron chi connectivity index (χ2n) is 11.0. The van der Waals surface area contributed by atoms with Gasteiger partial charge in [0.05, 0.1) is 12.3 Å². The first-order chi connectivity index (χ1) is 24.9. The molecule has 0 saturated carbocycles. The van der Waals surface area contributed by atoms with Gasteiger partial charge in [0.2, 0.25) is 5.91 Å². The summed E-state index contributed by atoms with van der Waals surface area (Å²) in [6.45, 7) is 2.53. The third-order valence-electron chi connectivity index (χ3n) is 7.41. The molecule has 11 heteroatoms. The van der Waals surface area contributed by atoms with Crippen LogP contribution in [0, 0.1) is 0 Å².